The van der Waals surface area contributed by atoms with Crippen LogP contribution in [0.5, 0.6) is 0 Å². The van der Waals surface area contributed by atoms with Gasteiger partial charge in [-0.1, -0.05) is 19.9 Å². The first-order valence-corrected chi connectivity index (χ1v) is 9.68. The lowest BCUT2D eigenvalue weighted by Gasteiger charge is -2.28. The van der Waals surface area contributed by atoms with Crippen molar-refractivity contribution in [2.45, 2.75) is 39.3 Å². The van der Waals surface area contributed by atoms with Crippen molar-refractivity contribution >= 4 is 11.3 Å². The molecule has 4 nitrogen and oxygen atoms in total. The molecule has 3 aromatic heterocycles. The van der Waals surface area contributed by atoms with Gasteiger partial charge in [0.25, 0.3) is 0 Å². The van der Waals surface area contributed by atoms with Gasteiger partial charge in [0.1, 0.15) is 5.82 Å². The second kappa shape index (κ2) is 7.02. The lowest BCUT2D eigenvalue weighted by molar-refractivity contribution is 0.242. The fourth-order valence-corrected chi connectivity index (χ4v) is 3.81. The molecule has 0 radical (unpaired) electrons. The van der Waals surface area contributed by atoms with Gasteiger partial charge in [0, 0.05) is 66.6 Å². The molecule has 3 aromatic rings. The van der Waals surface area contributed by atoms with Crippen molar-refractivity contribution in [2.75, 3.05) is 6.54 Å². The van der Waals surface area contributed by atoms with Crippen LogP contribution < -0.4 is 0 Å². The number of nitrogens with zero attached hydrogens (tertiary/aromatic N) is 4. The number of hydrogen-bond donors (Lipinski definition) is 0. The van der Waals surface area contributed by atoms with E-state index >= 15 is 0 Å². The van der Waals surface area contributed by atoms with E-state index in [4.69, 9.17) is 4.98 Å². The SMILES string of the molecule is CC(C)c1ncc2c(n1)CCN(Cc1ccc(-c3ccsc3)nc1)C2. The van der Waals surface area contributed by atoms with E-state index in [-0.39, 0.29) is 0 Å². The minimum Gasteiger partial charge on any atom is -0.294 e. The zero-order valence-electron chi connectivity index (χ0n) is 14.6. The Bertz CT molecular complexity index is 841. The third-order valence-corrected chi connectivity index (χ3v) is 5.28. The first-order valence-electron chi connectivity index (χ1n) is 8.73. The predicted octanol–water partition coefficient (Wildman–Crippen LogP) is 4.28. The lowest BCUT2D eigenvalue weighted by Crippen LogP contribution is -2.31. The summed E-state index contributed by atoms with van der Waals surface area (Å²) in [6, 6.07) is 6.42. The van der Waals surface area contributed by atoms with Crippen molar-refractivity contribution < 1.29 is 0 Å². The molecule has 4 heterocycles. The largest absolute Gasteiger partial charge is 0.294 e. The molecule has 0 saturated heterocycles. The lowest BCUT2D eigenvalue weighted by atomic mass is 10.1. The van der Waals surface area contributed by atoms with Crippen molar-refractivity contribution in [2.24, 2.45) is 0 Å². The van der Waals surface area contributed by atoms with Gasteiger partial charge in [-0.15, -0.1) is 0 Å². The van der Waals surface area contributed by atoms with Crippen LogP contribution in [0.1, 0.15) is 42.4 Å². The maximum atomic E-state index is 4.75. The van der Waals surface area contributed by atoms with Gasteiger partial charge >= 0.3 is 0 Å². The number of fused-ring (bicyclic) bond motifs is 1. The highest BCUT2D eigenvalue weighted by Crippen LogP contribution is 2.22. The second-order valence-corrected chi connectivity index (χ2v) is 7.66. The Hall–Kier alpha value is -2.11. The molecule has 0 N–H and O–H groups in total. The van der Waals surface area contributed by atoms with Crippen LogP contribution in [-0.4, -0.2) is 26.4 Å². The summed E-state index contributed by atoms with van der Waals surface area (Å²) in [7, 11) is 0. The molecule has 0 unspecified atom stereocenters. The number of pyridine rings is 1. The van der Waals surface area contributed by atoms with E-state index in [1.54, 1.807) is 11.3 Å². The molecule has 4 rings (SSSR count). The maximum absolute atomic E-state index is 4.75. The molecule has 0 saturated carbocycles. The summed E-state index contributed by atoms with van der Waals surface area (Å²) in [5.74, 6) is 1.34. The Morgan fingerprint density at radius 2 is 2.08 bits per heavy atom. The van der Waals surface area contributed by atoms with Crippen LogP contribution in [0.4, 0.5) is 0 Å². The molecule has 1 aliphatic heterocycles. The van der Waals surface area contributed by atoms with Gasteiger partial charge in [0.15, 0.2) is 0 Å². The van der Waals surface area contributed by atoms with E-state index in [2.05, 4.69) is 57.7 Å². The van der Waals surface area contributed by atoms with Crippen molar-refractivity contribution in [1.82, 2.24) is 19.9 Å². The van der Waals surface area contributed by atoms with Gasteiger partial charge in [-0.05, 0) is 23.1 Å². The van der Waals surface area contributed by atoms with Gasteiger partial charge in [0.2, 0.25) is 0 Å². The third-order valence-electron chi connectivity index (χ3n) is 4.60. The van der Waals surface area contributed by atoms with Crippen LogP contribution in [0.2, 0.25) is 0 Å². The highest BCUT2D eigenvalue weighted by atomic mass is 32.1. The molecule has 0 aromatic carbocycles. The summed E-state index contributed by atoms with van der Waals surface area (Å²) >= 11 is 1.70. The number of hydrogen-bond acceptors (Lipinski definition) is 5. The molecule has 0 bridgehead atoms. The monoisotopic (exact) mass is 350 g/mol. The molecule has 0 atom stereocenters. The Morgan fingerprint density at radius 1 is 1.16 bits per heavy atom. The van der Waals surface area contributed by atoms with Crippen LogP contribution in [0, 0.1) is 0 Å². The highest BCUT2D eigenvalue weighted by Gasteiger charge is 2.19. The van der Waals surface area contributed by atoms with Crippen molar-refractivity contribution in [1.29, 1.82) is 0 Å². The van der Waals surface area contributed by atoms with Crippen LogP contribution in [0.15, 0.2) is 41.4 Å². The minimum absolute atomic E-state index is 0.385. The molecule has 0 amide bonds. The summed E-state index contributed by atoms with van der Waals surface area (Å²) in [6.07, 6.45) is 5.01. The van der Waals surface area contributed by atoms with Crippen molar-refractivity contribution in [3.8, 4) is 11.3 Å². The Kier molecular flexibility index (Phi) is 4.59. The fourth-order valence-electron chi connectivity index (χ4n) is 3.16. The van der Waals surface area contributed by atoms with Crippen LogP contribution >= 0.6 is 11.3 Å². The van der Waals surface area contributed by atoms with E-state index in [1.807, 2.05) is 12.4 Å². The summed E-state index contributed by atoms with van der Waals surface area (Å²) < 4.78 is 0. The quantitative estimate of drug-likeness (QED) is 0.704. The second-order valence-electron chi connectivity index (χ2n) is 6.88. The van der Waals surface area contributed by atoms with Gasteiger partial charge in [0.05, 0.1) is 5.69 Å². The van der Waals surface area contributed by atoms with Gasteiger partial charge in [-0.25, -0.2) is 9.97 Å². The highest BCUT2D eigenvalue weighted by molar-refractivity contribution is 7.08. The molecule has 0 fully saturated rings. The average Bonchev–Trinajstić information content (AvgIpc) is 3.16. The topological polar surface area (TPSA) is 41.9 Å². The van der Waals surface area contributed by atoms with Crippen LogP contribution in [-0.2, 0) is 19.5 Å². The van der Waals surface area contributed by atoms with E-state index in [0.717, 1.165) is 37.6 Å². The van der Waals surface area contributed by atoms with E-state index in [0.29, 0.717) is 5.92 Å². The standard InChI is InChI=1S/C20H22N4S/c1-14(2)20-22-10-17-12-24(7-5-19(17)23-20)11-15-3-4-18(21-9-15)16-6-8-25-13-16/h3-4,6,8-10,13-14H,5,7,11-12H2,1-2H3. The fraction of sp³-hybridized carbons (Fsp3) is 0.350. The number of aromatic nitrogens is 3. The molecular formula is C20H22N4S. The predicted molar refractivity (Wildman–Crippen MR) is 101 cm³/mol. The van der Waals surface area contributed by atoms with Crippen molar-refractivity contribution in [3.05, 3.63) is 64.0 Å². The first-order chi connectivity index (χ1) is 12.2. The normalized spacial score (nSPS) is 14.7. The van der Waals surface area contributed by atoms with Gasteiger partial charge < -0.3 is 0 Å². The molecule has 0 aliphatic carbocycles. The zero-order valence-corrected chi connectivity index (χ0v) is 15.5. The van der Waals surface area contributed by atoms with Crippen molar-refractivity contribution in [3.63, 3.8) is 0 Å². The molecule has 5 heteroatoms. The molecular weight excluding hydrogens is 328 g/mol. The first kappa shape index (κ1) is 16.4. The van der Waals surface area contributed by atoms with Gasteiger partial charge in [-0.2, -0.15) is 11.3 Å². The number of rotatable bonds is 4. The smallest absolute Gasteiger partial charge is 0.131 e. The van der Waals surface area contributed by atoms with E-state index in [1.165, 1.54) is 22.4 Å². The summed E-state index contributed by atoms with van der Waals surface area (Å²) in [6.45, 7) is 7.16. The zero-order chi connectivity index (χ0) is 17.2. The van der Waals surface area contributed by atoms with E-state index in [9.17, 15) is 0 Å². The summed E-state index contributed by atoms with van der Waals surface area (Å²) in [5.41, 5.74) is 5.98. The third kappa shape index (κ3) is 3.62. The molecule has 128 valence electrons. The molecule has 0 spiro atoms. The average molecular weight is 350 g/mol. The van der Waals surface area contributed by atoms with Gasteiger partial charge in [-0.3, -0.25) is 9.88 Å². The molecule has 25 heavy (non-hydrogen) atoms. The summed E-state index contributed by atoms with van der Waals surface area (Å²) in [4.78, 5) is 16.3. The molecule has 1 aliphatic rings. The Balaban J connectivity index is 1.44. The Labute approximate surface area is 152 Å². The van der Waals surface area contributed by atoms with Crippen LogP contribution in [0.25, 0.3) is 11.3 Å². The minimum atomic E-state index is 0.385. The Morgan fingerprint density at radius 3 is 2.80 bits per heavy atom. The maximum Gasteiger partial charge on any atom is 0.131 e. The van der Waals surface area contributed by atoms with E-state index < -0.39 is 0 Å². The van der Waals surface area contributed by atoms with Crippen LogP contribution in [0.3, 0.4) is 0 Å². The number of thiophene rings is 1. The summed E-state index contributed by atoms with van der Waals surface area (Å²) in [5, 5.41) is 4.22.